The molecule has 0 spiro atoms. The highest BCUT2D eigenvalue weighted by atomic mass is 127. The van der Waals surface area contributed by atoms with Crippen LogP contribution in [0.5, 0.6) is 23.0 Å². The molecule has 1 aliphatic rings. The highest BCUT2D eigenvalue weighted by molar-refractivity contribution is 14.1. The Labute approximate surface area is 199 Å². The van der Waals surface area contributed by atoms with Gasteiger partial charge in [0.25, 0.3) is 0 Å². The van der Waals surface area contributed by atoms with Gasteiger partial charge in [0.2, 0.25) is 12.7 Å². The Morgan fingerprint density at radius 3 is 2.72 bits per heavy atom. The number of nitrogens with zero attached hydrogens (tertiary/aromatic N) is 1. The van der Waals surface area contributed by atoms with Crippen LogP contribution in [0.1, 0.15) is 16.7 Å². The third-order valence-electron chi connectivity index (χ3n) is 4.68. The van der Waals surface area contributed by atoms with Crippen molar-refractivity contribution in [3.8, 4) is 23.0 Å². The van der Waals surface area contributed by atoms with E-state index in [0.717, 1.165) is 20.3 Å². The van der Waals surface area contributed by atoms with Crippen LogP contribution in [0.2, 0.25) is 0 Å². The van der Waals surface area contributed by atoms with Crippen LogP contribution >= 0.6 is 22.6 Å². The quantitative estimate of drug-likeness (QED) is 0.260. The number of methoxy groups -OCH3 is 1. The van der Waals surface area contributed by atoms with E-state index >= 15 is 0 Å². The summed E-state index contributed by atoms with van der Waals surface area (Å²) in [5, 5.41) is 4.07. The van der Waals surface area contributed by atoms with Gasteiger partial charge in [-0.15, -0.1) is 0 Å². The van der Waals surface area contributed by atoms with Gasteiger partial charge in [0.1, 0.15) is 6.61 Å². The first-order valence-electron chi connectivity index (χ1n) is 9.87. The third-order valence-corrected chi connectivity index (χ3v) is 5.48. The van der Waals surface area contributed by atoms with E-state index in [2.05, 4.69) is 33.1 Å². The van der Waals surface area contributed by atoms with E-state index < -0.39 is 0 Å². The fraction of sp³-hybridized carbons (Fsp3) is 0.167. The largest absolute Gasteiger partial charge is 0.493 e. The molecule has 0 saturated heterocycles. The van der Waals surface area contributed by atoms with Gasteiger partial charge in [0.15, 0.2) is 23.0 Å². The SMILES string of the molecule is COc1cc(/C=N\NC(=O)Cc2ccc3c(c2)OCO3)cc(I)c1OCc1ccccc1. The lowest BCUT2D eigenvalue weighted by molar-refractivity contribution is -0.120. The molecular weight excluding hydrogens is 523 g/mol. The standard InChI is InChI=1S/C24H21IN2O5/c1-29-22-11-18(9-19(25)24(22)30-14-16-5-3-2-4-6-16)13-26-27-23(28)12-17-7-8-20-21(10-17)32-15-31-20/h2-11,13H,12,14-15H2,1H3,(H,27,28)/b26-13-. The Bertz CT molecular complexity index is 1130. The molecule has 0 aliphatic carbocycles. The molecule has 1 heterocycles. The van der Waals surface area contributed by atoms with Crippen LogP contribution in [0.25, 0.3) is 0 Å². The van der Waals surface area contributed by atoms with Crippen molar-refractivity contribution in [2.75, 3.05) is 13.9 Å². The minimum atomic E-state index is -0.232. The van der Waals surface area contributed by atoms with Crippen molar-refractivity contribution in [2.45, 2.75) is 13.0 Å². The van der Waals surface area contributed by atoms with Crippen LogP contribution in [-0.2, 0) is 17.8 Å². The molecule has 0 saturated carbocycles. The van der Waals surface area contributed by atoms with Gasteiger partial charge in [0.05, 0.1) is 23.3 Å². The van der Waals surface area contributed by atoms with E-state index in [1.165, 1.54) is 0 Å². The molecule has 0 aromatic heterocycles. The predicted octanol–water partition coefficient (Wildman–Crippen LogP) is 4.30. The maximum atomic E-state index is 12.2. The Hall–Kier alpha value is -3.27. The second-order valence-electron chi connectivity index (χ2n) is 6.97. The first-order chi connectivity index (χ1) is 15.6. The number of hydrogen-bond acceptors (Lipinski definition) is 6. The summed E-state index contributed by atoms with van der Waals surface area (Å²) in [6.45, 7) is 0.643. The number of nitrogens with one attached hydrogen (secondary N) is 1. The zero-order valence-electron chi connectivity index (χ0n) is 17.3. The highest BCUT2D eigenvalue weighted by Crippen LogP contribution is 2.34. The predicted molar refractivity (Wildman–Crippen MR) is 128 cm³/mol. The fourth-order valence-electron chi connectivity index (χ4n) is 3.14. The molecule has 0 atom stereocenters. The summed E-state index contributed by atoms with van der Waals surface area (Å²) in [4.78, 5) is 12.2. The number of rotatable bonds is 8. The average molecular weight is 544 g/mol. The summed E-state index contributed by atoms with van der Waals surface area (Å²) in [6, 6.07) is 19.1. The van der Waals surface area contributed by atoms with Crippen LogP contribution in [-0.4, -0.2) is 26.0 Å². The molecule has 164 valence electrons. The molecule has 4 rings (SSSR count). The molecule has 0 bridgehead atoms. The number of amides is 1. The fourth-order valence-corrected chi connectivity index (χ4v) is 3.92. The maximum absolute atomic E-state index is 12.2. The van der Waals surface area contributed by atoms with Crippen LogP contribution < -0.4 is 24.4 Å². The maximum Gasteiger partial charge on any atom is 0.244 e. The van der Waals surface area contributed by atoms with Crippen molar-refractivity contribution < 1.29 is 23.7 Å². The van der Waals surface area contributed by atoms with Gasteiger partial charge >= 0.3 is 0 Å². The Morgan fingerprint density at radius 2 is 1.91 bits per heavy atom. The minimum absolute atomic E-state index is 0.182. The summed E-state index contributed by atoms with van der Waals surface area (Å²) < 4.78 is 23.0. The van der Waals surface area contributed by atoms with Crippen molar-refractivity contribution in [2.24, 2.45) is 5.10 Å². The van der Waals surface area contributed by atoms with E-state index in [1.807, 2.05) is 48.5 Å². The molecule has 32 heavy (non-hydrogen) atoms. The number of hydrogen-bond donors (Lipinski definition) is 1. The number of fused-ring (bicyclic) bond motifs is 1. The minimum Gasteiger partial charge on any atom is -0.493 e. The normalized spacial score (nSPS) is 12.1. The smallest absolute Gasteiger partial charge is 0.244 e. The molecule has 7 nitrogen and oxygen atoms in total. The van der Waals surface area contributed by atoms with Crippen LogP contribution in [0.4, 0.5) is 0 Å². The molecular formula is C24H21IN2O5. The summed E-state index contributed by atoms with van der Waals surface area (Å²) in [5.74, 6) is 2.37. The van der Waals surface area contributed by atoms with E-state index in [9.17, 15) is 4.79 Å². The van der Waals surface area contributed by atoms with Gasteiger partial charge in [-0.2, -0.15) is 5.10 Å². The monoisotopic (exact) mass is 544 g/mol. The van der Waals surface area contributed by atoms with Crippen molar-refractivity contribution in [1.29, 1.82) is 0 Å². The van der Waals surface area contributed by atoms with E-state index in [4.69, 9.17) is 18.9 Å². The van der Waals surface area contributed by atoms with Crippen LogP contribution in [0.15, 0.2) is 65.8 Å². The highest BCUT2D eigenvalue weighted by Gasteiger charge is 2.14. The lowest BCUT2D eigenvalue weighted by Crippen LogP contribution is -2.19. The van der Waals surface area contributed by atoms with Crippen LogP contribution in [0.3, 0.4) is 0 Å². The third kappa shape index (κ3) is 5.50. The second kappa shape index (κ2) is 10.4. The zero-order valence-corrected chi connectivity index (χ0v) is 19.5. The lowest BCUT2D eigenvalue weighted by Gasteiger charge is -2.13. The number of halogens is 1. The first-order valence-corrected chi connectivity index (χ1v) is 10.9. The molecule has 3 aromatic carbocycles. The van der Waals surface area contributed by atoms with Gasteiger partial charge < -0.3 is 18.9 Å². The number of carbonyl (C=O) groups excluding carboxylic acids is 1. The average Bonchev–Trinajstić information content (AvgIpc) is 3.26. The van der Waals surface area contributed by atoms with E-state index in [0.29, 0.717) is 29.6 Å². The number of ether oxygens (including phenoxy) is 4. The summed E-state index contributed by atoms with van der Waals surface area (Å²) >= 11 is 2.20. The number of hydrazone groups is 1. The summed E-state index contributed by atoms with van der Waals surface area (Å²) in [7, 11) is 1.59. The summed E-state index contributed by atoms with van der Waals surface area (Å²) in [5.41, 5.74) is 5.22. The van der Waals surface area contributed by atoms with E-state index in [1.54, 1.807) is 25.5 Å². The van der Waals surface area contributed by atoms with Crippen LogP contribution in [0, 0.1) is 3.57 Å². The van der Waals surface area contributed by atoms with Crippen molar-refractivity contribution in [3.63, 3.8) is 0 Å². The van der Waals surface area contributed by atoms with Crippen molar-refractivity contribution in [1.82, 2.24) is 5.43 Å². The van der Waals surface area contributed by atoms with E-state index in [-0.39, 0.29) is 19.1 Å². The Balaban J connectivity index is 1.36. The topological polar surface area (TPSA) is 78.4 Å². The molecule has 1 N–H and O–H groups in total. The Kier molecular flexibility index (Phi) is 7.10. The zero-order chi connectivity index (χ0) is 22.3. The lowest BCUT2D eigenvalue weighted by atomic mass is 10.1. The first kappa shape index (κ1) is 21.9. The molecule has 1 amide bonds. The Morgan fingerprint density at radius 1 is 1.09 bits per heavy atom. The molecule has 0 radical (unpaired) electrons. The molecule has 0 unspecified atom stereocenters. The number of carbonyl (C=O) groups is 1. The van der Waals surface area contributed by atoms with Crippen molar-refractivity contribution in [3.05, 3.63) is 80.9 Å². The second-order valence-corrected chi connectivity index (χ2v) is 8.13. The summed E-state index contributed by atoms with van der Waals surface area (Å²) in [6.07, 6.45) is 1.75. The van der Waals surface area contributed by atoms with Gasteiger partial charge in [-0.05, 0) is 63.5 Å². The molecule has 0 fully saturated rings. The molecule has 1 aliphatic heterocycles. The van der Waals surface area contributed by atoms with Gasteiger partial charge in [-0.3, -0.25) is 4.79 Å². The van der Waals surface area contributed by atoms with Gasteiger partial charge in [-0.25, -0.2) is 5.43 Å². The molecule has 8 heteroatoms. The van der Waals surface area contributed by atoms with Crippen molar-refractivity contribution >= 4 is 34.7 Å². The molecule has 3 aromatic rings. The number of benzene rings is 3. The van der Waals surface area contributed by atoms with Gasteiger partial charge in [0, 0.05) is 0 Å². The van der Waals surface area contributed by atoms with Gasteiger partial charge in [-0.1, -0.05) is 36.4 Å².